The van der Waals surface area contributed by atoms with Gasteiger partial charge in [0.25, 0.3) is 0 Å². The molecule has 0 aliphatic heterocycles. The second-order valence-electron chi connectivity index (χ2n) is 4.39. The Labute approximate surface area is 118 Å². The third-order valence-electron chi connectivity index (χ3n) is 2.64. The summed E-state index contributed by atoms with van der Waals surface area (Å²) in [6.45, 7) is 3.66. The molecule has 0 saturated heterocycles. The molecule has 108 valence electrons. The van der Waals surface area contributed by atoms with Crippen molar-refractivity contribution in [2.75, 3.05) is 6.61 Å². The average molecular weight is 277 g/mol. The Morgan fingerprint density at radius 1 is 1.30 bits per heavy atom. The van der Waals surface area contributed by atoms with E-state index in [1.165, 1.54) is 0 Å². The van der Waals surface area contributed by atoms with Gasteiger partial charge in [-0.1, -0.05) is 30.3 Å². The normalized spacial score (nSPS) is 12.8. The van der Waals surface area contributed by atoms with E-state index in [1.807, 2.05) is 30.3 Å². The zero-order chi connectivity index (χ0) is 15.0. The van der Waals surface area contributed by atoms with Crippen molar-refractivity contribution in [1.29, 1.82) is 0 Å². The van der Waals surface area contributed by atoms with E-state index < -0.39 is 18.0 Å². The van der Waals surface area contributed by atoms with Crippen LogP contribution in [0.5, 0.6) is 0 Å². The quantitative estimate of drug-likeness (QED) is 0.611. The zero-order valence-corrected chi connectivity index (χ0v) is 11.7. The number of carbonyl (C=O) groups is 2. The SMILES string of the molecule is CCOC(=O)CC(C)=N[C@@H](Cc1ccccc1)C(=O)O. The van der Waals surface area contributed by atoms with Gasteiger partial charge in [-0.05, 0) is 19.4 Å². The van der Waals surface area contributed by atoms with Crippen LogP contribution in [0.1, 0.15) is 25.8 Å². The third-order valence-corrected chi connectivity index (χ3v) is 2.64. The van der Waals surface area contributed by atoms with Gasteiger partial charge in [0.1, 0.15) is 0 Å². The number of aliphatic carboxylic acids is 1. The van der Waals surface area contributed by atoms with Gasteiger partial charge in [-0.25, -0.2) is 4.79 Å². The van der Waals surface area contributed by atoms with Gasteiger partial charge < -0.3 is 9.84 Å². The topological polar surface area (TPSA) is 76.0 Å². The molecule has 0 unspecified atom stereocenters. The summed E-state index contributed by atoms with van der Waals surface area (Å²) in [5.74, 6) is -1.39. The van der Waals surface area contributed by atoms with Crippen LogP contribution in [0.3, 0.4) is 0 Å². The van der Waals surface area contributed by atoms with Gasteiger partial charge in [0.2, 0.25) is 0 Å². The Bertz CT molecular complexity index is 482. The molecule has 0 heterocycles. The molecule has 0 spiro atoms. The number of carboxylic acids is 1. The number of ether oxygens (including phenoxy) is 1. The minimum atomic E-state index is -1.00. The largest absolute Gasteiger partial charge is 0.480 e. The van der Waals surface area contributed by atoms with Crippen molar-refractivity contribution in [2.24, 2.45) is 4.99 Å². The second kappa shape index (κ2) is 8.09. The molecule has 0 fully saturated rings. The maximum absolute atomic E-state index is 11.3. The molecule has 1 N–H and O–H groups in total. The molecule has 0 aliphatic rings. The molecular weight excluding hydrogens is 258 g/mol. The summed E-state index contributed by atoms with van der Waals surface area (Å²) in [7, 11) is 0. The van der Waals surface area contributed by atoms with Crippen LogP contribution in [-0.2, 0) is 20.7 Å². The van der Waals surface area contributed by atoms with Gasteiger partial charge >= 0.3 is 11.9 Å². The van der Waals surface area contributed by atoms with Gasteiger partial charge in [-0.15, -0.1) is 0 Å². The van der Waals surface area contributed by atoms with Crippen LogP contribution >= 0.6 is 0 Å². The van der Waals surface area contributed by atoms with E-state index in [0.29, 0.717) is 18.7 Å². The predicted molar refractivity (Wildman–Crippen MR) is 75.9 cm³/mol. The van der Waals surface area contributed by atoms with Crippen molar-refractivity contribution in [3.63, 3.8) is 0 Å². The van der Waals surface area contributed by atoms with Crippen molar-refractivity contribution < 1.29 is 19.4 Å². The number of carboxylic acid groups (broad SMARTS) is 1. The van der Waals surface area contributed by atoms with E-state index in [0.717, 1.165) is 5.56 Å². The number of rotatable bonds is 7. The van der Waals surface area contributed by atoms with Crippen LogP contribution in [-0.4, -0.2) is 35.4 Å². The molecule has 1 rings (SSSR count). The third kappa shape index (κ3) is 5.65. The highest BCUT2D eigenvalue weighted by Crippen LogP contribution is 2.07. The lowest BCUT2D eigenvalue weighted by atomic mass is 10.1. The van der Waals surface area contributed by atoms with Crippen molar-refractivity contribution in [3.05, 3.63) is 35.9 Å². The molecule has 1 aromatic rings. The molecule has 0 aromatic heterocycles. The molecule has 0 amide bonds. The van der Waals surface area contributed by atoms with Crippen LogP contribution < -0.4 is 0 Å². The molecule has 0 bridgehead atoms. The standard InChI is InChI=1S/C15H19NO4/c1-3-20-14(17)9-11(2)16-13(15(18)19)10-12-7-5-4-6-8-12/h4-8,13H,3,9-10H2,1-2H3,(H,18,19)/t13-/m0/s1. The number of esters is 1. The molecule has 0 saturated carbocycles. The number of nitrogens with zero attached hydrogens (tertiary/aromatic N) is 1. The van der Waals surface area contributed by atoms with Gasteiger partial charge in [0.15, 0.2) is 6.04 Å². The van der Waals surface area contributed by atoms with Crippen LogP contribution in [0.4, 0.5) is 0 Å². The fourth-order valence-electron chi connectivity index (χ4n) is 1.76. The first kappa shape index (κ1) is 15.9. The smallest absolute Gasteiger partial charge is 0.328 e. The maximum Gasteiger partial charge on any atom is 0.328 e. The van der Waals surface area contributed by atoms with E-state index in [4.69, 9.17) is 4.74 Å². The Hall–Kier alpha value is -2.17. The molecule has 1 atom stereocenters. The zero-order valence-electron chi connectivity index (χ0n) is 11.7. The summed E-state index contributed by atoms with van der Waals surface area (Å²) in [6.07, 6.45) is 0.322. The Kier molecular flexibility index (Phi) is 6.43. The van der Waals surface area contributed by atoms with Crippen molar-refractivity contribution >= 4 is 17.7 Å². The number of carbonyl (C=O) groups excluding carboxylic acids is 1. The number of hydrogen-bond donors (Lipinski definition) is 1. The Balaban J connectivity index is 2.71. The first-order valence-electron chi connectivity index (χ1n) is 6.48. The Morgan fingerprint density at radius 3 is 2.50 bits per heavy atom. The number of benzene rings is 1. The summed E-state index contributed by atoms with van der Waals surface area (Å²) in [5, 5.41) is 9.20. The summed E-state index contributed by atoms with van der Waals surface area (Å²) < 4.78 is 4.81. The predicted octanol–water partition coefficient (Wildman–Crippen LogP) is 2.10. The summed E-state index contributed by atoms with van der Waals surface area (Å²) in [4.78, 5) is 26.7. The van der Waals surface area contributed by atoms with Gasteiger partial charge in [0, 0.05) is 12.1 Å². The lowest BCUT2D eigenvalue weighted by molar-refractivity contribution is -0.142. The maximum atomic E-state index is 11.3. The fraction of sp³-hybridized carbons (Fsp3) is 0.400. The van der Waals surface area contributed by atoms with Gasteiger partial charge in [-0.3, -0.25) is 9.79 Å². The van der Waals surface area contributed by atoms with Gasteiger partial charge in [0.05, 0.1) is 13.0 Å². The molecule has 0 aliphatic carbocycles. The van der Waals surface area contributed by atoms with Crippen molar-refractivity contribution in [2.45, 2.75) is 32.7 Å². The van der Waals surface area contributed by atoms with Crippen LogP contribution in [0.2, 0.25) is 0 Å². The monoisotopic (exact) mass is 277 g/mol. The van der Waals surface area contributed by atoms with E-state index in [-0.39, 0.29) is 6.42 Å². The first-order chi connectivity index (χ1) is 9.52. The summed E-state index contributed by atoms with van der Waals surface area (Å²) >= 11 is 0. The highest BCUT2D eigenvalue weighted by Gasteiger charge is 2.17. The van der Waals surface area contributed by atoms with Crippen molar-refractivity contribution in [3.8, 4) is 0 Å². The molecule has 0 radical (unpaired) electrons. The number of aliphatic imine (C=N–C) groups is 1. The summed E-state index contributed by atoms with van der Waals surface area (Å²) in [5.41, 5.74) is 1.36. The van der Waals surface area contributed by atoms with Crippen LogP contribution in [0, 0.1) is 0 Å². The highest BCUT2D eigenvalue weighted by molar-refractivity contribution is 5.98. The lowest BCUT2D eigenvalue weighted by Crippen LogP contribution is -2.23. The van der Waals surface area contributed by atoms with Crippen LogP contribution in [0.15, 0.2) is 35.3 Å². The van der Waals surface area contributed by atoms with E-state index in [1.54, 1.807) is 13.8 Å². The molecular formula is C15H19NO4. The molecule has 5 heteroatoms. The lowest BCUT2D eigenvalue weighted by Gasteiger charge is -2.09. The minimum Gasteiger partial charge on any atom is -0.480 e. The fourth-order valence-corrected chi connectivity index (χ4v) is 1.76. The average Bonchev–Trinajstić information content (AvgIpc) is 2.39. The van der Waals surface area contributed by atoms with E-state index in [9.17, 15) is 14.7 Å². The molecule has 5 nitrogen and oxygen atoms in total. The highest BCUT2D eigenvalue weighted by atomic mass is 16.5. The summed E-state index contributed by atoms with van der Waals surface area (Å²) in [6, 6.07) is 8.39. The molecule has 1 aromatic carbocycles. The van der Waals surface area contributed by atoms with E-state index >= 15 is 0 Å². The Morgan fingerprint density at radius 2 is 1.95 bits per heavy atom. The first-order valence-corrected chi connectivity index (χ1v) is 6.48. The van der Waals surface area contributed by atoms with Crippen LogP contribution in [0.25, 0.3) is 0 Å². The second-order valence-corrected chi connectivity index (χ2v) is 4.39. The van der Waals surface area contributed by atoms with Gasteiger partial charge in [-0.2, -0.15) is 0 Å². The van der Waals surface area contributed by atoms with Crippen molar-refractivity contribution in [1.82, 2.24) is 0 Å². The van der Waals surface area contributed by atoms with E-state index in [2.05, 4.69) is 4.99 Å². The molecule has 20 heavy (non-hydrogen) atoms. The number of hydrogen-bond acceptors (Lipinski definition) is 4. The minimum absolute atomic E-state index is 0.0202.